The standard InChI is InChI=1S/C5H5N.C4H5NO2.C4H6/c1-2-4-6-5-3-1;6-3-1-2-4(7)5-3;1-3-4-2/h1-5H;1-2H2,(H,5,6,7);3-4H,1-2H2. The molecule has 0 aromatic carbocycles. The Labute approximate surface area is 101 Å². The largest absolute Gasteiger partial charge is 0.296 e. The molecule has 1 fully saturated rings. The molecule has 2 heterocycles. The third kappa shape index (κ3) is 10.1. The van der Waals surface area contributed by atoms with E-state index in [1.807, 2.05) is 18.2 Å². The average Bonchev–Trinajstić information content (AvgIpc) is 2.76. The van der Waals surface area contributed by atoms with Crippen molar-refractivity contribution in [1.82, 2.24) is 10.3 Å². The highest BCUT2D eigenvalue weighted by Crippen LogP contribution is 1.95. The van der Waals surface area contributed by atoms with Gasteiger partial charge in [0.15, 0.2) is 0 Å². The van der Waals surface area contributed by atoms with Crippen molar-refractivity contribution in [2.24, 2.45) is 0 Å². The maximum atomic E-state index is 10.1. The van der Waals surface area contributed by atoms with E-state index in [1.54, 1.807) is 24.5 Å². The Kier molecular flexibility index (Phi) is 8.94. The summed E-state index contributed by atoms with van der Waals surface area (Å²) in [6.45, 7) is 6.72. The van der Waals surface area contributed by atoms with Crippen molar-refractivity contribution >= 4 is 11.8 Å². The molecule has 0 bridgehead atoms. The quantitative estimate of drug-likeness (QED) is 0.594. The smallest absolute Gasteiger partial charge is 0.227 e. The number of pyridine rings is 1. The second-order valence-corrected chi connectivity index (χ2v) is 2.97. The van der Waals surface area contributed by atoms with Crippen molar-refractivity contribution in [3.8, 4) is 0 Å². The van der Waals surface area contributed by atoms with E-state index in [0.29, 0.717) is 12.8 Å². The predicted octanol–water partition coefficient (Wildman–Crippen LogP) is 1.86. The van der Waals surface area contributed by atoms with Crippen LogP contribution in [0.5, 0.6) is 0 Å². The summed E-state index contributed by atoms with van der Waals surface area (Å²) in [5.41, 5.74) is 0. The first-order valence-electron chi connectivity index (χ1n) is 5.11. The first-order valence-corrected chi connectivity index (χ1v) is 5.11. The van der Waals surface area contributed by atoms with E-state index in [0.717, 1.165) is 0 Å². The van der Waals surface area contributed by atoms with Crippen LogP contribution in [-0.2, 0) is 9.59 Å². The van der Waals surface area contributed by atoms with Gasteiger partial charge in [-0.2, -0.15) is 0 Å². The highest BCUT2D eigenvalue weighted by molar-refractivity contribution is 6.01. The van der Waals surface area contributed by atoms with Gasteiger partial charge >= 0.3 is 0 Å². The van der Waals surface area contributed by atoms with Crippen LogP contribution >= 0.6 is 0 Å². The van der Waals surface area contributed by atoms with Crippen LogP contribution in [0.1, 0.15) is 12.8 Å². The van der Waals surface area contributed by atoms with Gasteiger partial charge in [-0.1, -0.05) is 31.4 Å². The molecule has 2 amide bonds. The summed E-state index contributed by atoms with van der Waals surface area (Å²) >= 11 is 0. The van der Waals surface area contributed by atoms with Crippen LogP contribution in [0.2, 0.25) is 0 Å². The molecule has 2 rings (SSSR count). The third-order valence-electron chi connectivity index (χ3n) is 1.59. The highest BCUT2D eigenvalue weighted by Gasteiger charge is 2.15. The first kappa shape index (κ1) is 14.8. The first-order chi connectivity index (χ1) is 8.20. The summed E-state index contributed by atoms with van der Waals surface area (Å²) in [6.07, 6.45) is 7.53. The molecule has 0 unspecified atom stereocenters. The lowest BCUT2D eigenvalue weighted by Crippen LogP contribution is -2.18. The molecular formula is C13H16N2O2. The lowest BCUT2D eigenvalue weighted by molar-refractivity contribution is -0.124. The molecule has 17 heavy (non-hydrogen) atoms. The molecule has 0 radical (unpaired) electrons. The van der Waals surface area contributed by atoms with Crippen LogP contribution in [0.15, 0.2) is 55.9 Å². The van der Waals surface area contributed by atoms with E-state index < -0.39 is 0 Å². The number of aromatic nitrogens is 1. The van der Waals surface area contributed by atoms with E-state index in [4.69, 9.17) is 0 Å². The Morgan fingerprint density at radius 3 is 1.59 bits per heavy atom. The van der Waals surface area contributed by atoms with Gasteiger partial charge in [0.05, 0.1) is 0 Å². The summed E-state index contributed by atoms with van der Waals surface area (Å²) in [4.78, 5) is 24.0. The van der Waals surface area contributed by atoms with E-state index in [2.05, 4.69) is 23.5 Å². The van der Waals surface area contributed by atoms with Crippen LogP contribution in [0.3, 0.4) is 0 Å². The fourth-order valence-electron chi connectivity index (χ4n) is 0.820. The van der Waals surface area contributed by atoms with Crippen molar-refractivity contribution in [2.75, 3.05) is 0 Å². The maximum Gasteiger partial charge on any atom is 0.227 e. The number of imide groups is 1. The predicted molar refractivity (Wildman–Crippen MR) is 67.0 cm³/mol. The monoisotopic (exact) mass is 232 g/mol. The van der Waals surface area contributed by atoms with E-state index in [9.17, 15) is 9.59 Å². The van der Waals surface area contributed by atoms with Crippen LogP contribution in [-0.4, -0.2) is 16.8 Å². The Morgan fingerprint density at radius 2 is 1.47 bits per heavy atom. The van der Waals surface area contributed by atoms with Crippen LogP contribution in [0, 0.1) is 0 Å². The fraction of sp³-hybridized carbons (Fsp3) is 0.154. The number of allylic oxidation sites excluding steroid dienone is 2. The van der Waals surface area contributed by atoms with Crippen LogP contribution in [0.4, 0.5) is 0 Å². The second-order valence-electron chi connectivity index (χ2n) is 2.97. The van der Waals surface area contributed by atoms with Gasteiger partial charge in [-0.25, -0.2) is 0 Å². The van der Waals surface area contributed by atoms with Gasteiger partial charge in [-0.05, 0) is 12.1 Å². The molecular weight excluding hydrogens is 216 g/mol. The molecule has 0 spiro atoms. The molecule has 0 aliphatic carbocycles. The van der Waals surface area contributed by atoms with E-state index in [-0.39, 0.29) is 11.8 Å². The molecule has 1 aliphatic heterocycles. The zero-order valence-electron chi connectivity index (χ0n) is 9.63. The zero-order chi connectivity index (χ0) is 12.9. The van der Waals surface area contributed by atoms with Gasteiger partial charge in [0, 0.05) is 25.2 Å². The summed E-state index contributed by atoms with van der Waals surface area (Å²) in [5, 5.41) is 2.14. The minimum absolute atomic E-state index is 0.148. The van der Waals surface area contributed by atoms with Gasteiger partial charge in [0.25, 0.3) is 0 Å². The lowest BCUT2D eigenvalue weighted by Gasteiger charge is -1.79. The Hall–Kier alpha value is -2.23. The van der Waals surface area contributed by atoms with Crippen molar-refractivity contribution in [2.45, 2.75) is 12.8 Å². The van der Waals surface area contributed by atoms with Crippen molar-refractivity contribution in [3.63, 3.8) is 0 Å². The molecule has 1 aromatic heterocycles. The molecule has 0 atom stereocenters. The number of nitrogens with zero attached hydrogens (tertiary/aromatic N) is 1. The normalized spacial score (nSPS) is 12.2. The molecule has 1 aliphatic rings. The second kappa shape index (κ2) is 10.3. The number of hydrogen-bond donors (Lipinski definition) is 1. The molecule has 1 aromatic rings. The number of carbonyl (C=O) groups is 2. The molecule has 0 saturated carbocycles. The van der Waals surface area contributed by atoms with Gasteiger partial charge in [-0.3, -0.25) is 19.9 Å². The van der Waals surface area contributed by atoms with Gasteiger partial charge in [0.1, 0.15) is 0 Å². The average molecular weight is 232 g/mol. The summed E-state index contributed by atoms with van der Waals surface area (Å²) in [5.74, 6) is -0.296. The highest BCUT2D eigenvalue weighted by atomic mass is 16.2. The molecule has 90 valence electrons. The Bertz CT molecular complexity index is 314. The van der Waals surface area contributed by atoms with Crippen LogP contribution in [0.25, 0.3) is 0 Å². The lowest BCUT2D eigenvalue weighted by atomic mass is 10.4. The minimum atomic E-state index is -0.148. The molecule has 4 nitrogen and oxygen atoms in total. The SMILES string of the molecule is C=CC=C.O=C1CCC(=O)N1.c1ccncc1. The topological polar surface area (TPSA) is 59.1 Å². The molecule has 1 saturated heterocycles. The van der Waals surface area contributed by atoms with E-state index >= 15 is 0 Å². The van der Waals surface area contributed by atoms with E-state index in [1.165, 1.54) is 0 Å². The van der Waals surface area contributed by atoms with Crippen molar-refractivity contribution in [3.05, 3.63) is 55.9 Å². The number of hydrogen-bond acceptors (Lipinski definition) is 3. The maximum absolute atomic E-state index is 10.1. The summed E-state index contributed by atoms with van der Waals surface area (Å²) < 4.78 is 0. The zero-order valence-corrected chi connectivity index (χ0v) is 9.63. The summed E-state index contributed by atoms with van der Waals surface area (Å²) in [7, 11) is 0. The van der Waals surface area contributed by atoms with Gasteiger partial charge in [-0.15, -0.1) is 0 Å². The van der Waals surface area contributed by atoms with Crippen molar-refractivity contribution < 1.29 is 9.59 Å². The van der Waals surface area contributed by atoms with Gasteiger partial charge in [0.2, 0.25) is 11.8 Å². The fourth-order valence-corrected chi connectivity index (χ4v) is 0.820. The molecule has 4 heteroatoms. The molecule has 1 N–H and O–H groups in total. The number of rotatable bonds is 1. The third-order valence-corrected chi connectivity index (χ3v) is 1.59. The number of amides is 2. The van der Waals surface area contributed by atoms with Gasteiger partial charge < -0.3 is 0 Å². The van der Waals surface area contributed by atoms with Crippen molar-refractivity contribution in [1.29, 1.82) is 0 Å². The number of carbonyl (C=O) groups excluding carboxylic acids is 2. The van der Waals surface area contributed by atoms with Crippen LogP contribution < -0.4 is 5.32 Å². The summed E-state index contributed by atoms with van der Waals surface area (Å²) in [6, 6.07) is 5.72. The minimum Gasteiger partial charge on any atom is -0.296 e. The Morgan fingerprint density at radius 1 is 1.00 bits per heavy atom. The Balaban J connectivity index is 0.000000236. The number of nitrogens with one attached hydrogen (secondary N) is 1.